The van der Waals surface area contributed by atoms with Crippen LogP contribution in [0.3, 0.4) is 0 Å². The van der Waals surface area contributed by atoms with Gasteiger partial charge in [-0.3, -0.25) is 0 Å². The molecule has 0 spiro atoms. The fourth-order valence-electron chi connectivity index (χ4n) is 2.34. The number of carbonyl (C=O) groups excluding carboxylic acids is 1. The zero-order chi connectivity index (χ0) is 14.7. The predicted molar refractivity (Wildman–Crippen MR) is 70.7 cm³/mol. The Morgan fingerprint density at radius 3 is 2.80 bits per heavy atom. The summed E-state index contributed by atoms with van der Waals surface area (Å²) in [6, 6.07) is 1.08. The monoisotopic (exact) mass is 279 g/mol. The molecule has 2 rings (SSSR count). The van der Waals surface area contributed by atoms with Gasteiger partial charge in [0.2, 0.25) is 5.82 Å². The van der Waals surface area contributed by atoms with Crippen molar-refractivity contribution >= 4 is 17.8 Å². The van der Waals surface area contributed by atoms with Crippen LogP contribution in [0.25, 0.3) is 0 Å². The number of carboxylic acids is 1. The summed E-state index contributed by atoms with van der Waals surface area (Å²) in [5.41, 5.74) is 0.602. The molecule has 0 amide bonds. The number of nitrogens with zero attached hydrogens (tertiary/aromatic N) is 3. The molecule has 0 aliphatic carbocycles. The molecule has 1 atom stereocenters. The van der Waals surface area contributed by atoms with E-state index in [0.29, 0.717) is 24.5 Å². The Hall–Kier alpha value is -2.18. The molecule has 7 nitrogen and oxygen atoms in total. The van der Waals surface area contributed by atoms with E-state index in [0.717, 1.165) is 12.8 Å². The van der Waals surface area contributed by atoms with Gasteiger partial charge in [-0.1, -0.05) is 0 Å². The van der Waals surface area contributed by atoms with Crippen molar-refractivity contribution in [3.05, 3.63) is 17.6 Å². The number of rotatable bonds is 3. The van der Waals surface area contributed by atoms with E-state index in [1.807, 2.05) is 0 Å². The number of piperidine rings is 1. The zero-order valence-electron chi connectivity index (χ0n) is 11.5. The van der Waals surface area contributed by atoms with Crippen LogP contribution in [0.5, 0.6) is 0 Å². The number of anilines is 1. The third-order valence-corrected chi connectivity index (χ3v) is 3.29. The number of carbonyl (C=O) groups is 2. The van der Waals surface area contributed by atoms with Gasteiger partial charge in [-0.15, -0.1) is 0 Å². The number of esters is 1. The molecule has 7 heteroatoms. The smallest absolute Gasteiger partial charge is 0.376 e. The average molecular weight is 279 g/mol. The van der Waals surface area contributed by atoms with Gasteiger partial charge in [0.25, 0.3) is 0 Å². The van der Waals surface area contributed by atoms with Crippen LogP contribution in [0.1, 0.15) is 35.6 Å². The second-order valence-corrected chi connectivity index (χ2v) is 4.73. The quantitative estimate of drug-likeness (QED) is 0.825. The van der Waals surface area contributed by atoms with Gasteiger partial charge in [-0.05, 0) is 26.2 Å². The van der Waals surface area contributed by atoms with Crippen LogP contribution in [0.2, 0.25) is 0 Å². The van der Waals surface area contributed by atoms with E-state index in [9.17, 15) is 14.7 Å². The van der Waals surface area contributed by atoms with Gasteiger partial charge in [0.1, 0.15) is 11.9 Å². The van der Waals surface area contributed by atoms with E-state index in [2.05, 4.69) is 14.7 Å². The van der Waals surface area contributed by atoms with E-state index in [-0.39, 0.29) is 5.82 Å². The van der Waals surface area contributed by atoms with Crippen molar-refractivity contribution in [2.45, 2.75) is 32.2 Å². The summed E-state index contributed by atoms with van der Waals surface area (Å²) in [6.45, 7) is 2.34. The first-order valence-corrected chi connectivity index (χ1v) is 6.46. The van der Waals surface area contributed by atoms with Gasteiger partial charge >= 0.3 is 11.9 Å². The molecule has 0 saturated carbocycles. The van der Waals surface area contributed by atoms with E-state index in [4.69, 9.17) is 0 Å². The molecule has 1 N–H and O–H groups in total. The van der Waals surface area contributed by atoms with Crippen molar-refractivity contribution in [2.75, 3.05) is 18.6 Å². The van der Waals surface area contributed by atoms with E-state index in [1.165, 1.54) is 7.11 Å². The Balaban J connectivity index is 2.37. The summed E-state index contributed by atoms with van der Waals surface area (Å²) in [5.74, 6) is -1.08. The summed E-state index contributed by atoms with van der Waals surface area (Å²) in [6.07, 6.45) is 2.35. The summed E-state index contributed by atoms with van der Waals surface area (Å²) in [7, 11) is 1.26. The minimum Gasteiger partial charge on any atom is -0.480 e. The first kappa shape index (κ1) is 14.2. The molecule has 20 heavy (non-hydrogen) atoms. The van der Waals surface area contributed by atoms with Crippen LogP contribution in [0.4, 0.5) is 5.82 Å². The minimum absolute atomic E-state index is 0.0442. The molecule has 1 unspecified atom stereocenters. The van der Waals surface area contributed by atoms with Gasteiger partial charge in [-0.2, -0.15) is 0 Å². The third kappa shape index (κ3) is 2.87. The second-order valence-electron chi connectivity index (χ2n) is 4.73. The summed E-state index contributed by atoms with van der Waals surface area (Å²) >= 11 is 0. The van der Waals surface area contributed by atoms with Gasteiger partial charge in [0.05, 0.1) is 7.11 Å². The molecule has 0 bridgehead atoms. The highest BCUT2D eigenvalue weighted by Gasteiger charge is 2.30. The van der Waals surface area contributed by atoms with Crippen molar-refractivity contribution in [1.29, 1.82) is 0 Å². The molecule has 1 aliphatic rings. The molecule has 1 saturated heterocycles. The van der Waals surface area contributed by atoms with E-state index >= 15 is 0 Å². The molecule has 0 radical (unpaired) electrons. The molecule has 1 aromatic heterocycles. The lowest BCUT2D eigenvalue weighted by Crippen LogP contribution is -2.45. The Morgan fingerprint density at radius 2 is 2.15 bits per heavy atom. The lowest BCUT2D eigenvalue weighted by atomic mass is 10.0. The number of hydrogen-bond donors (Lipinski definition) is 1. The van der Waals surface area contributed by atoms with Crippen LogP contribution < -0.4 is 4.90 Å². The fourth-order valence-corrected chi connectivity index (χ4v) is 2.34. The van der Waals surface area contributed by atoms with Crippen LogP contribution in [-0.2, 0) is 9.53 Å². The highest BCUT2D eigenvalue weighted by atomic mass is 16.5. The second kappa shape index (κ2) is 5.85. The van der Waals surface area contributed by atoms with Crippen LogP contribution in [0, 0.1) is 6.92 Å². The molecule has 1 fully saturated rings. The summed E-state index contributed by atoms with van der Waals surface area (Å²) in [4.78, 5) is 32.7. The summed E-state index contributed by atoms with van der Waals surface area (Å²) < 4.78 is 4.61. The molecular formula is C13H17N3O4. The van der Waals surface area contributed by atoms with Gasteiger partial charge in [0.15, 0.2) is 0 Å². The molecule has 108 valence electrons. The van der Waals surface area contributed by atoms with Crippen molar-refractivity contribution in [1.82, 2.24) is 9.97 Å². The lowest BCUT2D eigenvalue weighted by molar-refractivity contribution is -0.139. The molecule has 1 aliphatic heterocycles. The standard InChI is InChI=1S/C13H17N3O4/c1-8-7-10(15-11(14-8)13(19)20-2)16-6-4-3-5-9(16)12(17)18/h7,9H,3-6H2,1-2H3,(H,17,18). The number of aliphatic carboxylic acids is 1. The Bertz CT molecular complexity index is 532. The Morgan fingerprint density at radius 1 is 1.40 bits per heavy atom. The van der Waals surface area contributed by atoms with Crippen LogP contribution in [-0.4, -0.2) is 46.7 Å². The highest BCUT2D eigenvalue weighted by molar-refractivity contribution is 5.85. The topological polar surface area (TPSA) is 92.6 Å². The number of aryl methyl sites for hydroxylation is 1. The van der Waals surface area contributed by atoms with Crippen LogP contribution >= 0.6 is 0 Å². The van der Waals surface area contributed by atoms with Crippen molar-refractivity contribution in [3.63, 3.8) is 0 Å². The van der Waals surface area contributed by atoms with Crippen molar-refractivity contribution in [2.24, 2.45) is 0 Å². The van der Waals surface area contributed by atoms with E-state index < -0.39 is 18.0 Å². The maximum atomic E-state index is 11.5. The normalized spacial score (nSPS) is 18.7. The molecule has 2 heterocycles. The summed E-state index contributed by atoms with van der Waals surface area (Å²) in [5, 5.41) is 9.29. The lowest BCUT2D eigenvalue weighted by Gasteiger charge is -2.34. The highest BCUT2D eigenvalue weighted by Crippen LogP contribution is 2.24. The number of aromatic nitrogens is 2. The maximum absolute atomic E-state index is 11.5. The molecule has 0 aromatic carbocycles. The van der Waals surface area contributed by atoms with Crippen molar-refractivity contribution in [3.8, 4) is 0 Å². The fraction of sp³-hybridized carbons (Fsp3) is 0.538. The predicted octanol–water partition coefficient (Wildman–Crippen LogP) is 1.02. The zero-order valence-corrected chi connectivity index (χ0v) is 11.5. The number of methoxy groups -OCH3 is 1. The Labute approximate surface area is 116 Å². The largest absolute Gasteiger partial charge is 0.480 e. The van der Waals surface area contributed by atoms with Gasteiger partial charge in [0, 0.05) is 18.3 Å². The van der Waals surface area contributed by atoms with Gasteiger partial charge < -0.3 is 14.7 Å². The number of ether oxygens (including phenoxy) is 1. The van der Waals surface area contributed by atoms with Crippen molar-refractivity contribution < 1.29 is 19.4 Å². The first-order valence-electron chi connectivity index (χ1n) is 6.46. The third-order valence-electron chi connectivity index (χ3n) is 3.29. The number of carboxylic acid groups (broad SMARTS) is 1. The number of hydrogen-bond acceptors (Lipinski definition) is 6. The molecule has 1 aromatic rings. The molecular weight excluding hydrogens is 262 g/mol. The Kier molecular flexibility index (Phi) is 4.16. The van der Waals surface area contributed by atoms with Crippen LogP contribution in [0.15, 0.2) is 6.07 Å². The average Bonchev–Trinajstić information content (AvgIpc) is 2.45. The SMILES string of the molecule is COC(=O)c1nc(C)cc(N2CCCCC2C(=O)O)n1. The maximum Gasteiger partial charge on any atom is 0.376 e. The van der Waals surface area contributed by atoms with Gasteiger partial charge in [-0.25, -0.2) is 19.6 Å². The first-order chi connectivity index (χ1) is 9.52. The minimum atomic E-state index is -0.874. The van der Waals surface area contributed by atoms with E-state index in [1.54, 1.807) is 17.9 Å².